The zero-order chi connectivity index (χ0) is 9.05. The van der Waals surface area contributed by atoms with Crippen LogP contribution in [0, 0.1) is 5.92 Å². The first kappa shape index (κ1) is 7.87. The van der Waals surface area contributed by atoms with Gasteiger partial charge in [-0.05, 0) is 6.42 Å². The van der Waals surface area contributed by atoms with E-state index in [2.05, 4.69) is 24.1 Å². The van der Waals surface area contributed by atoms with Crippen LogP contribution in [0.15, 0.2) is 23.2 Å². The van der Waals surface area contributed by atoms with Gasteiger partial charge in [0, 0.05) is 42.8 Å². The van der Waals surface area contributed by atoms with E-state index < -0.39 is 7.14 Å². The van der Waals surface area contributed by atoms with Gasteiger partial charge in [0.05, 0.1) is 0 Å². The maximum absolute atomic E-state index is 12.5. The predicted molar refractivity (Wildman–Crippen MR) is 54.2 cm³/mol. The third kappa shape index (κ3) is 0.874. The zero-order valence-electron chi connectivity index (χ0n) is 7.86. The third-order valence-electron chi connectivity index (χ3n) is 3.51. The van der Waals surface area contributed by atoms with Crippen LogP contribution in [-0.2, 0) is 4.57 Å². The number of hydrogen-bond donors (Lipinski definition) is 0. The molecule has 0 N–H and O–H groups in total. The van der Waals surface area contributed by atoms with Crippen molar-refractivity contribution in [1.29, 1.82) is 0 Å². The minimum atomic E-state index is -1.91. The van der Waals surface area contributed by atoms with Crippen LogP contribution in [0.4, 0.5) is 0 Å². The maximum atomic E-state index is 12.5. The highest BCUT2D eigenvalue weighted by Gasteiger charge is 2.46. The molecule has 0 aromatic rings. The molecule has 2 aliphatic heterocycles. The molecule has 3 heteroatoms. The Morgan fingerprint density at radius 2 is 2.46 bits per heavy atom. The second kappa shape index (κ2) is 2.30. The molecule has 70 valence electrons. The fourth-order valence-corrected chi connectivity index (χ4v) is 6.29. The summed E-state index contributed by atoms with van der Waals surface area (Å²) in [4.78, 5) is 2.31. The summed E-state index contributed by atoms with van der Waals surface area (Å²) in [6, 6.07) is 0. The molecular formula is C10H14NOP. The van der Waals surface area contributed by atoms with Crippen molar-refractivity contribution < 1.29 is 4.57 Å². The highest BCUT2D eigenvalue weighted by molar-refractivity contribution is 7.69. The van der Waals surface area contributed by atoms with Crippen molar-refractivity contribution in [1.82, 2.24) is 4.90 Å². The molecule has 3 rings (SSSR count). The second-order valence-corrected chi connectivity index (χ2v) is 7.40. The molecule has 0 fully saturated rings. The molecule has 4 bridgehead atoms. The van der Waals surface area contributed by atoms with Gasteiger partial charge in [-0.2, -0.15) is 0 Å². The molecule has 2 atom stereocenters. The summed E-state index contributed by atoms with van der Waals surface area (Å²) in [5.74, 6) is 0.582. The van der Waals surface area contributed by atoms with Crippen LogP contribution in [0.2, 0.25) is 0 Å². The van der Waals surface area contributed by atoms with Gasteiger partial charge in [0.15, 0.2) is 0 Å². The van der Waals surface area contributed by atoms with Crippen molar-refractivity contribution in [2.45, 2.75) is 6.42 Å². The Morgan fingerprint density at radius 3 is 3.23 bits per heavy atom. The van der Waals surface area contributed by atoms with Gasteiger partial charge < -0.3 is 9.46 Å². The van der Waals surface area contributed by atoms with Gasteiger partial charge in [0.25, 0.3) is 0 Å². The minimum Gasteiger partial charge on any atom is -0.377 e. The van der Waals surface area contributed by atoms with Crippen LogP contribution in [0.5, 0.6) is 0 Å². The number of allylic oxidation sites excluding steroid dienone is 4. The average Bonchev–Trinajstić information content (AvgIpc) is 2.23. The summed E-state index contributed by atoms with van der Waals surface area (Å²) in [6.07, 6.45) is 7.28. The van der Waals surface area contributed by atoms with Crippen molar-refractivity contribution in [2.24, 2.45) is 5.92 Å². The van der Waals surface area contributed by atoms with Crippen LogP contribution in [0.3, 0.4) is 0 Å². The van der Waals surface area contributed by atoms with Gasteiger partial charge in [-0.15, -0.1) is 0 Å². The fraction of sp³-hybridized carbons (Fsp3) is 0.600. The Morgan fingerprint density at radius 1 is 1.62 bits per heavy atom. The van der Waals surface area contributed by atoms with Crippen molar-refractivity contribution in [3.63, 3.8) is 0 Å². The van der Waals surface area contributed by atoms with E-state index in [4.69, 9.17) is 0 Å². The number of nitrogens with zero attached hydrogens (tertiary/aromatic N) is 1. The number of hydrogen-bond acceptors (Lipinski definition) is 2. The van der Waals surface area contributed by atoms with E-state index in [-0.39, 0.29) is 0 Å². The van der Waals surface area contributed by atoms with Crippen LogP contribution in [0.25, 0.3) is 0 Å². The molecule has 2 unspecified atom stereocenters. The molecule has 0 radical (unpaired) electrons. The van der Waals surface area contributed by atoms with Crippen LogP contribution >= 0.6 is 7.14 Å². The summed E-state index contributed by atoms with van der Waals surface area (Å²) in [5.41, 5.74) is 1.40. The first-order chi connectivity index (χ1) is 6.21. The Balaban J connectivity index is 2.23. The van der Waals surface area contributed by atoms with E-state index in [0.29, 0.717) is 5.92 Å². The lowest BCUT2D eigenvalue weighted by atomic mass is 9.98. The summed E-state index contributed by atoms with van der Waals surface area (Å²) >= 11 is 0. The summed E-state index contributed by atoms with van der Waals surface area (Å²) < 4.78 is 12.5. The molecule has 1 aliphatic carbocycles. The largest absolute Gasteiger partial charge is 0.377 e. The summed E-state index contributed by atoms with van der Waals surface area (Å²) in [6.45, 7) is 1.00. The SMILES string of the molecule is CN1CCP2(=O)CC3CC=CC2=C31. The molecule has 0 amide bonds. The monoisotopic (exact) mass is 195 g/mol. The minimum absolute atomic E-state index is 0.582. The molecule has 2 nitrogen and oxygen atoms in total. The molecule has 0 aromatic carbocycles. The molecule has 0 aromatic heterocycles. The lowest BCUT2D eigenvalue weighted by Crippen LogP contribution is -2.27. The van der Waals surface area contributed by atoms with Crippen LogP contribution in [-0.4, -0.2) is 30.8 Å². The smallest absolute Gasteiger partial charge is 0.119 e. The van der Waals surface area contributed by atoms with Crippen molar-refractivity contribution in [3.8, 4) is 0 Å². The van der Waals surface area contributed by atoms with E-state index in [0.717, 1.165) is 25.3 Å². The molecule has 0 saturated heterocycles. The van der Waals surface area contributed by atoms with E-state index >= 15 is 0 Å². The van der Waals surface area contributed by atoms with Crippen molar-refractivity contribution in [2.75, 3.05) is 25.9 Å². The van der Waals surface area contributed by atoms with E-state index in [1.807, 2.05) is 0 Å². The first-order valence-electron chi connectivity index (χ1n) is 4.91. The summed E-state index contributed by atoms with van der Waals surface area (Å²) in [5, 5.41) is 1.21. The van der Waals surface area contributed by atoms with Gasteiger partial charge in [-0.1, -0.05) is 12.2 Å². The molecule has 0 spiro atoms. The topological polar surface area (TPSA) is 20.3 Å². The third-order valence-corrected chi connectivity index (χ3v) is 6.72. The van der Waals surface area contributed by atoms with Gasteiger partial charge >= 0.3 is 0 Å². The van der Waals surface area contributed by atoms with E-state index in [9.17, 15) is 4.57 Å². The predicted octanol–water partition coefficient (Wildman–Crippen LogP) is 2.10. The molecule has 2 heterocycles. The van der Waals surface area contributed by atoms with Gasteiger partial charge in [-0.25, -0.2) is 0 Å². The quantitative estimate of drug-likeness (QED) is 0.552. The lowest BCUT2D eigenvalue weighted by Gasteiger charge is -2.30. The molecule has 0 saturated carbocycles. The van der Waals surface area contributed by atoms with Crippen LogP contribution < -0.4 is 0 Å². The highest BCUT2D eigenvalue weighted by Crippen LogP contribution is 2.67. The average molecular weight is 195 g/mol. The second-order valence-electron chi connectivity index (χ2n) is 4.32. The lowest BCUT2D eigenvalue weighted by molar-refractivity contribution is 0.390. The van der Waals surface area contributed by atoms with Crippen molar-refractivity contribution in [3.05, 3.63) is 23.2 Å². The number of rotatable bonds is 0. The van der Waals surface area contributed by atoms with Gasteiger partial charge in [0.2, 0.25) is 0 Å². The van der Waals surface area contributed by atoms with Crippen molar-refractivity contribution >= 4 is 7.14 Å². The van der Waals surface area contributed by atoms with E-state index in [1.54, 1.807) is 0 Å². The molecular weight excluding hydrogens is 181 g/mol. The first-order valence-corrected chi connectivity index (χ1v) is 6.99. The van der Waals surface area contributed by atoms with E-state index in [1.165, 1.54) is 11.0 Å². The van der Waals surface area contributed by atoms with Gasteiger partial charge in [0.1, 0.15) is 7.14 Å². The Kier molecular flexibility index (Phi) is 1.39. The normalized spacial score (nSPS) is 41.6. The molecule has 13 heavy (non-hydrogen) atoms. The Hall–Kier alpha value is -0.490. The highest BCUT2D eigenvalue weighted by atomic mass is 31.2. The Labute approximate surface area is 78.7 Å². The van der Waals surface area contributed by atoms with Crippen LogP contribution in [0.1, 0.15) is 6.42 Å². The summed E-state index contributed by atoms with van der Waals surface area (Å²) in [7, 11) is 0.225. The maximum Gasteiger partial charge on any atom is 0.119 e. The fourth-order valence-electron chi connectivity index (χ4n) is 2.86. The zero-order valence-corrected chi connectivity index (χ0v) is 8.76. The Bertz CT molecular complexity index is 369. The standard InChI is InChI=1S/C10H14NOP/c1-11-5-6-13(12)7-8-3-2-4-9(13)10(8)11/h2,4,8H,3,5-7H2,1H3. The molecule has 3 aliphatic rings. The van der Waals surface area contributed by atoms with Gasteiger partial charge in [-0.3, -0.25) is 0 Å².